The molecule has 1 saturated heterocycles. The molecule has 2 heteroatoms. The zero-order valence-corrected chi connectivity index (χ0v) is 13.3. The lowest BCUT2D eigenvalue weighted by Crippen LogP contribution is -2.46. The number of ether oxygens (including phenoxy) is 1. The maximum atomic E-state index is 6.39. The van der Waals surface area contributed by atoms with Gasteiger partial charge in [-0.3, -0.25) is 0 Å². The van der Waals surface area contributed by atoms with E-state index in [1.54, 1.807) is 0 Å². The van der Waals surface area contributed by atoms with Gasteiger partial charge in [0.15, 0.2) is 0 Å². The summed E-state index contributed by atoms with van der Waals surface area (Å²) in [6.07, 6.45) is 0.0997. The molecule has 0 spiro atoms. The largest absolute Gasteiger partial charge is 0.485 e. The molecule has 1 N–H and O–H groups in total. The van der Waals surface area contributed by atoms with Crippen molar-refractivity contribution in [2.45, 2.75) is 13.0 Å². The predicted molar refractivity (Wildman–Crippen MR) is 94.9 cm³/mol. The van der Waals surface area contributed by atoms with Gasteiger partial charge in [0.05, 0.1) is 0 Å². The van der Waals surface area contributed by atoms with E-state index in [4.69, 9.17) is 4.74 Å². The first-order chi connectivity index (χ1) is 11.3. The summed E-state index contributed by atoms with van der Waals surface area (Å²) in [4.78, 5) is 0. The first kappa shape index (κ1) is 14.3. The highest BCUT2D eigenvalue weighted by atomic mass is 16.5. The van der Waals surface area contributed by atoms with Gasteiger partial charge in [0.1, 0.15) is 11.9 Å². The lowest BCUT2D eigenvalue weighted by atomic mass is 9.89. The third-order valence-corrected chi connectivity index (χ3v) is 4.60. The van der Waals surface area contributed by atoms with Gasteiger partial charge < -0.3 is 10.1 Å². The van der Waals surface area contributed by atoms with Gasteiger partial charge in [-0.2, -0.15) is 0 Å². The molecule has 1 aliphatic rings. The highest BCUT2D eigenvalue weighted by Crippen LogP contribution is 2.32. The molecule has 1 heterocycles. The minimum atomic E-state index is 0.0997. The van der Waals surface area contributed by atoms with E-state index in [1.807, 2.05) is 6.07 Å². The van der Waals surface area contributed by atoms with Crippen molar-refractivity contribution < 1.29 is 4.74 Å². The Balaban J connectivity index is 1.69. The van der Waals surface area contributed by atoms with Crippen LogP contribution >= 0.6 is 0 Å². The summed E-state index contributed by atoms with van der Waals surface area (Å²) in [6, 6.07) is 23.5. The van der Waals surface area contributed by atoms with Crippen molar-refractivity contribution in [1.29, 1.82) is 0 Å². The molecule has 0 aromatic heterocycles. The second-order valence-electron chi connectivity index (χ2n) is 6.38. The summed E-state index contributed by atoms with van der Waals surface area (Å²) < 4.78 is 6.39. The third kappa shape index (κ3) is 2.95. The number of hydrogen-bond acceptors (Lipinski definition) is 2. The van der Waals surface area contributed by atoms with E-state index in [9.17, 15) is 0 Å². The Morgan fingerprint density at radius 3 is 2.48 bits per heavy atom. The summed E-state index contributed by atoms with van der Waals surface area (Å²) in [5.74, 6) is 1.48. The normalized spacial score (nSPS) is 16.0. The molecule has 0 amide bonds. The molecule has 1 atom stereocenters. The molecule has 3 aromatic carbocycles. The maximum Gasteiger partial charge on any atom is 0.129 e. The molecule has 4 rings (SSSR count). The van der Waals surface area contributed by atoms with Crippen LogP contribution < -0.4 is 10.1 Å². The van der Waals surface area contributed by atoms with Crippen LogP contribution in [-0.2, 0) is 0 Å². The van der Waals surface area contributed by atoms with Crippen LogP contribution in [0.4, 0.5) is 0 Å². The van der Waals surface area contributed by atoms with Crippen molar-refractivity contribution in [1.82, 2.24) is 5.32 Å². The molecule has 1 fully saturated rings. The van der Waals surface area contributed by atoms with Crippen LogP contribution in [0.5, 0.6) is 5.75 Å². The standard InChI is InChI=1S/C21H21NO/c1-15-5-4-8-20(11-15)23-21(19-13-22-14-19)18-10-9-16-6-2-3-7-17(16)12-18/h2-12,19,21-22H,13-14H2,1H3. The highest BCUT2D eigenvalue weighted by molar-refractivity contribution is 5.83. The Morgan fingerprint density at radius 1 is 0.913 bits per heavy atom. The van der Waals surface area contributed by atoms with Crippen molar-refractivity contribution >= 4 is 10.8 Å². The number of fused-ring (bicyclic) bond motifs is 1. The van der Waals surface area contributed by atoms with Gasteiger partial charge in [0.25, 0.3) is 0 Å². The van der Waals surface area contributed by atoms with Gasteiger partial charge in [-0.05, 0) is 47.0 Å². The van der Waals surface area contributed by atoms with E-state index in [1.165, 1.54) is 21.9 Å². The van der Waals surface area contributed by atoms with Crippen molar-refractivity contribution in [2.24, 2.45) is 5.92 Å². The minimum Gasteiger partial charge on any atom is -0.485 e. The van der Waals surface area contributed by atoms with Crippen LogP contribution in [0.25, 0.3) is 10.8 Å². The van der Waals surface area contributed by atoms with Gasteiger partial charge in [-0.25, -0.2) is 0 Å². The van der Waals surface area contributed by atoms with Crippen molar-refractivity contribution in [2.75, 3.05) is 13.1 Å². The quantitative estimate of drug-likeness (QED) is 0.767. The summed E-state index contributed by atoms with van der Waals surface area (Å²) in [7, 11) is 0. The summed E-state index contributed by atoms with van der Waals surface area (Å²) in [5, 5.41) is 5.91. The monoisotopic (exact) mass is 303 g/mol. The minimum absolute atomic E-state index is 0.0997. The van der Waals surface area contributed by atoms with Gasteiger partial charge in [0.2, 0.25) is 0 Å². The van der Waals surface area contributed by atoms with Gasteiger partial charge in [-0.1, -0.05) is 48.5 Å². The molecule has 3 aromatic rings. The number of rotatable bonds is 4. The van der Waals surface area contributed by atoms with E-state index in [0.717, 1.165) is 18.8 Å². The first-order valence-corrected chi connectivity index (χ1v) is 8.22. The van der Waals surface area contributed by atoms with Crippen molar-refractivity contribution in [3.8, 4) is 5.75 Å². The Morgan fingerprint density at radius 2 is 1.74 bits per heavy atom. The van der Waals surface area contributed by atoms with E-state index < -0.39 is 0 Å². The van der Waals surface area contributed by atoms with Crippen molar-refractivity contribution in [3.05, 3.63) is 77.9 Å². The fourth-order valence-electron chi connectivity index (χ4n) is 3.18. The third-order valence-electron chi connectivity index (χ3n) is 4.60. The Hall–Kier alpha value is -2.32. The lowest BCUT2D eigenvalue weighted by Gasteiger charge is -2.35. The van der Waals surface area contributed by atoms with Crippen LogP contribution in [-0.4, -0.2) is 13.1 Å². The molecule has 116 valence electrons. The van der Waals surface area contributed by atoms with Gasteiger partial charge in [0, 0.05) is 19.0 Å². The van der Waals surface area contributed by atoms with Gasteiger partial charge >= 0.3 is 0 Å². The van der Waals surface area contributed by atoms with E-state index in [2.05, 4.69) is 72.9 Å². The molecule has 0 saturated carbocycles. The molecule has 0 aliphatic carbocycles. The van der Waals surface area contributed by atoms with Crippen LogP contribution in [0, 0.1) is 12.8 Å². The number of hydrogen-bond donors (Lipinski definition) is 1. The van der Waals surface area contributed by atoms with Gasteiger partial charge in [-0.15, -0.1) is 0 Å². The van der Waals surface area contributed by atoms with Crippen LogP contribution in [0.15, 0.2) is 66.7 Å². The zero-order valence-electron chi connectivity index (χ0n) is 13.3. The Labute approximate surface area is 137 Å². The lowest BCUT2D eigenvalue weighted by molar-refractivity contribution is 0.0994. The number of benzene rings is 3. The van der Waals surface area contributed by atoms with E-state index in [0.29, 0.717) is 5.92 Å². The summed E-state index contributed by atoms with van der Waals surface area (Å²) >= 11 is 0. The smallest absolute Gasteiger partial charge is 0.129 e. The summed E-state index contributed by atoms with van der Waals surface area (Å²) in [6.45, 7) is 4.13. The van der Waals surface area contributed by atoms with Crippen LogP contribution in [0.1, 0.15) is 17.2 Å². The highest BCUT2D eigenvalue weighted by Gasteiger charge is 2.30. The van der Waals surface area contributed by atoms with Crippen LogP contribution in [0.3, 0.4) is 0 Å². The molecule has 0 bridgehead atoms. The average molecular weight is 303 g/mol. The predicted octanol–water partition coefficient (Wildman–Crippen LogP) is 4.49. The molecule has 1 aliphatic heterocycles. The van der Waals surface area contributed by atoms with E-state index in [-0.39, 0.29) is 6.10 Å². The summed E-state index contributed by atoms with van der Waals surface area (Å²) in [5.41, 5.74) is 2.49. The van der Waals surface area contributed by atoms with E-state index >= 15 is 0 Å². The molecule has 23 heavy (non-hydrogen) atoms. The zero-order chi connectivity index (χ0) is 15.6. The number of nitrogens with one attached hydrogen (secondary N) is 1. The fraction of sp³-hybridized carbons (Fsp3) is 0.238. The average Bonchev–Trinajstić information content (AvgIpc) is 2.52. The Kier molecular flexibility index (Phi) is 3.76. The molecule has 1 unspecified atom stereocenters. The first-order valence-electron chi connectivity index (χ1n) is 8.22. The topological polar surface area (TPSA) is 21.3 Å². The molecule has 2 nitrogen and oxygen atoms in total. The fourth-order valence-corrected chi connectivity index (χ4v) is 3.18. The second-order valence-corrected chi connectivity index (χ2v) is 6.38. The Bertz CT molecular complexity index is 823. The molecular formula is C21H21NO. The SMILES string of the molecule is Cc1cccc(OC(c2ccc3ccccc3c2)C2CNC2)c1. The van der Waals surface area contributed by atoms with Crippen LogP contribution in [0.2, 0.25) is 0 Å². The number of aryl methyl sites for hydroxylation is 1. The second kappa shape index (κ2) is 6.05. The maximum absolute atomic E-state index is 6.39. The van der Waals surface area contributed by atoms with Crippen molar-refractivity contribution in [3.63, 3.8) is 0 Å². The molecule has 0 radical (unpaired) electrons. The molecular weight excluding hydrogens is 282 g/mol.